The molecule has 2 aromatic heterocycles. The molecule has 5 nitrogen and oxygen atoms in total. The third kappa shape index (κ3) is 3.33. The number of aliphatic hydroxyl groups excluding tert-OH is 1. The van der Waals surface area contributed by atoms with Crippen LogP contribution in [-0.4, -0.2) is 26.6 Å². The van der Waals surface area contributed by atoms with Crippen LogP contribution in [0.2, 0.25) is 5.02 Å². The fourth-order valence-electron chi connectivity index (χ4n) is 3.28. The highest BCUT2D eigenvalue weighted by atomic mass is 35.5. The summed E-state index contributed by atoms with van der Waals surface area (Å²) in [4.78, 5) is 16.8. The Morgan fingerprint density at radius 3 is 2.57 bits per heavy atom. The number of rotatable bonds is 3. The van der Waals surface area contributed by atoms with Crippen molar-refractivity contribution in [3.63, 3.8) is 0 Å². The first kappa shape index (κ1) is 18.8. The summed E-state index contributed by atoms with van der Waals surface area (Å²) >= 11 is 6.19. The first-order valence-electron chi connectivity index (χ1n) is 8.57. The molecule has 0 saturated heterocycles. The van der Waals surface area contributed by atoms with Crippen LogP contribution in [0, 0.1) is 0 Å². The molecule has 3 aromatic rings. The van der Waals surface area contributed by atoms with Crippen LogP contribution in [-0.2, 0) is 6.18 Å². The number of aromatic nitrogens is 2. The van der Waals surface area contributed by atoms with Crippen LogP contribution >= 0.6 is 11.6 Å². The number of hydrogen-bond acceptors (Lipinski definition) is 4. The molecule has 0 aliphatic heterocycles. The van der Waals surface area contributed by atoms with Crippen LogP contribution in [0.4, 0.5) is 19.1 Å². The van der Waals surface area contributed by atoms with Gasteiger partial charge in [0.1, 0.15) is 0 Å². The first-order valence-corrected chi connectivity index (χ1v) is 8.95. The summed E-state index contributed by atoms with van der Waals surface area (Å²) in [6.45, 7) is 0. The number of benzene rings is 1. The van der Waals surface area contributed by atoms with Crippen molar-refractivity contribution in [3.05, 3.63) is 63.5 Å². The predicted molar refractivity (Wildman–Crippen MR) is 99.6 cm³/mol. The van der Waals surface area contributed by atoms with E-state index in [9.17, 15) is 23.1 Å². The lowest BCUT2D eigenvalue weighted by Crippen LogP contribution is -2.40. The Morgan fingerprint density at radius 1 is 1.21 bits per heavy atom. The molecule has 0 bridgehead atoms. The highest BCUT2D eigenvalue weighted by molar-refractivity contribution is 6.33. The highest BCUT2D eigenvalue weighted by Crippen LogP contribution is 2.34. The lowest BCUT2D eigenvalue weighted by molar-refractivity contribution is -0.137. The molecule has 0 atom stereocenters. The molecule has 0 unspecified atom stereocenters. The third-order valence-corrected chi connectivity index (χ3v) is 5.11. The number of nitrogens with one attached hydrogen (secondary N) is 1. The Bertz CT molecular complexity index is 1110. The topological polar surface area (TPSA) is 66.6 Å². The largest absolute Gasteiger partial charge is 0.416 e. The molecule has 2 N–H and O–H groups in total. The quantitative estimate of drug-likeness (QED) is 0.687. The normalized spacial score (nSPS) is 19.5. The second-order valence-corrected chi connectivity index (χ2v) is 7.14. The lowest BCUT2D eigenvalue weighted by Gasteiger charge is -2.32. The fourth-order valence-corrected chi connectivity index (χ4v) is 3.51. The third-order valence-electron chi connectivity index (χ3n) is 4.78. The summed E-state index contributed by atoms with van der Waals surface area (Å²) in [5, 5.41) is 12.7. The Labute approximate surface area is 162 Å². The zero-order valence-corrected chi connectivity index (χ0v) is 15.1. The Hall–Kier alpha value is -2.58. The highest BCUT2D eigenvalue weighted by Gasteiger charge is 2.32. The number of hydrogen-bond donors (Lipinski definition) is 2. The van der Waals surface area contributed by atoms with Crippen molar-refractivity contribution in [1.82, 2.24) is 9.38 Å². The van der Waals surface area contributed by atoms with E-state index in [1.165, 1.54) is 10.6 Å². The van der Waals surface area contributed by atoms with Gasteiger partial charge in [0.2, 0.25) is 5.95 Å². The SMILES string of the molecule is O=c1nc(NC2CC(O)C2)n2ccc(C(F)(F)F)cc2c1-c1ccccc1Cl. The zero-order chi connectivity index (χ0) is 20.1. The van der Waals surface area contributed by atoms with Crippen molar-refractivity contribution in [3.8, 4) is 11.1 Å². The van der Waals surface area contributed by atoms with Crippen LogP contribution in [0.5, 0.6) is 0 Å². The van der Waals surface area contributed by atoms with E-state index in [4.69, 9.17) is 11.6 Å². The molecule has 1 fully saturated rings. The Balaban J connectivity index is 1.96. The van der Waals surface area contributed by atoms with E-state index in [0.29, 0.717) is 18.4 Å². The van der Waals surface area contributed by atoms with Gasteiger partial charge in [-0.05, 0) is 31.0 Å². The molecule has 1 aliphatic rings. The molecule has 1 saturated carbocycles. The number of fused-ring (bicyclic) bond motifs is 1. The lowest BCUT2D eigenvalue weighted by atomic mass is 9.90. The van der Waals surface area contributed by atoms with Crippen LogP contribution in [0.3, 0.4) is 0 Å². The van der Waals surface area contributed by atoms with Crippen LogP contribution in [0.25, 0.3) is 16.6 Å². The van der Waals surface area contributed by atoms with Crippen molar-refractivity contribution in [2.45, 2.75) is 31.2 Å². The zero-order valence-electron chi connectivity index (χ0n) is 14.4. The molecule has 0 amide bonds. The van der Waals surface area contributed by atoms with Gasteiger partial charge in [0.25, 0.3) is 5.56 Å². The summed E-state index contributed by atoms with van der Waals surface area (Å²) in [5.41, 5.74) is -1.21. The second kappa shape index (κ2) is 6.79. The summed E-state index contributed by atoms with van der Waals surface area (Å²) in [7, 11) is 0. The maximum atomic E-state index is 13.3. The minimum Gasteiger partial charge on any atom is -0.393 e. The minimum absolute atomic E-state index is 0.00380. The number of aliphatic hydroxyl groups is 1. The summed E-state index contributed by atoms with van der Waals surface area (Å²) in [6, 6.07) is 8.17. The standard InChI is InChI=1S/C19H15ClF3N3O2/c20-14-4-2-1-3-13(14)16-15-7-10(19(21,22)23)5-6-26(15)18(25-17(16)28)24-11-8-12(27)9-11/h1-7,11-12,27H,8-9H2,(H,24,25,28). The molecular weight excluding hydrogens is 395 g/mol. The van der Waals surface area contributed by atoms with Crippen molar-refractivity contribution < 1.29 is 18.3 Å². The van der Waals surface area contributed by atoms with Gasteiger partial charge in [-0.15, -0.1) is 0 Å². The van der Waals surface area contributed by atoms with Gasteiger partial charge in [0.15, 0.2) is 0 Å². The van der Waals surface area contributed by atoms with Gasteiger partial charge < -0.3 is 10.4 Å². The van der Waals surface area contributed by atoms with Gasteiger partial charge in [-0.2, -0.15) is 18.2 Å². The number of halogens is 4. The maximum absolute atomic E-state index is 13.3. The molecule has 1 aliphatic carbocycles. The molecule has 28 heavy (non-hydrogen) atoms. The summed E-state index contributed by atoms with van der Waals surface area (Å²) in [5.74, 6) is 0.126. The van der Waals surface area contributed by atoms with Gasteiger partial charge in [-0.1, -0.05) is 29.8 Å². The van der Waals surface area contributed by atoms with Crippen LogP contribution < -0.4 is 10.9 Å². The average Bonchev–Trinajstić information content (AvgIpc) is 2.60. The molecule has 0 spiro atoms. The van der Waals surface area contributed by atoms with Gasteiger partial charge in [0.05, 0.1) is 22.7 Å². The van der Waals surface area contributed by atoms with Crippen LogP contribution in [0.1, 0.15) is 18.4 Å². The smallest absolute Gasteiger partial charge is 0.393 e. The second-order valence-electron chi connectivity index (χ2n) is 6.73. The van der Waals surface area contributed by atoms with Crippen LogP contribution in [0.15, 0.2) is 47.4 Å². The number of anilines is 1. The monoisotopic (exact) mass is 409 g/mol. The summed E-state index contributed by atoms with van der Waals surface area (Å²) < 4.78 is 41.2. The number of nitrogens with zero attached hydrogens (tertiary/aromatic N) is 2. The van der Waals surface area contributed by atoms with E-state index in [1.807, 2.05) is 0 Å². The molecule has 1 aromatic carbocycles. The van der Waals surface area contributed by atoms with E-state index in [2.05, 4.69) is 10.3 Å². The van der Waals surface area contributed by atoms with Crippen molar-refractivity contribution in [2.75, 3.05) is 5.32 Å². The fraction of sp³-hybridized carbons (Fsp3) is 0.263. The summed E-state index contributed by atoms with van der Waals surface area (Å²) in [6.07, 6.45) is -2.82. The van der Waals surface area contributed by atoms with E-state index >= 15 is 0 Å². The molecular formula is C19H15ClF3N3O2. The van der Waals surface area contributed by atoms with Gasteiger partial charge >= 0.3 is 6.18 Å². The molecule has 2 heterocycles. The van der Waals surface area contributed by atoms with Crippen molar-refractivity contribution in [1.29, 1.82) is 0 Å². The Morgan fingerprint density at radius 2 is 1.93 bits per heavy atom. The molecule has 4 rings (SSSR count). The number of alkyl halides is 3. The van der Waals surface area contributed by atoms with E-state index in [1.54, 1.807) is 24.3 Å². The van der Waals surface area contributed by atoms with Gasteiger partial charge in [0, 0.05) is 22.8 Å². The molecule has 146 valence electrons. The van der Waals surface area contributed by atoms with Crippen molar-refractivity contribution in [2.24, 2.45) is 0 Å². The predicted octanol–water partition coefficient (Wildman–Crippen LogP) is 3.97. The van der Waals surface area contributed by atoms with Crippen molar-refractivity contribution >= 4 is 23.1 Å². The van der Waals surface area contributed by atoms with E-state index in [-0.39, 0.29) is 28.1 Å². The Kier molecular flexibility index (Phi) is 4.55. The average molecular weight is 410 g/mol. The maximum Gasteiger partial charge on any atom is 0.416 e. The number of pyridine rings is 1. The molecule has 9 heteroatoms. The molecule has 0 radical (unpaired) electrons. The van der Waals surface area contributed by atoms with Gasteiger partial charge in [-0.3, -0.25) is 9.20 Å². The van der Waals surface area contributed by atoms with E-state index in [0.717, 1.165) is 12.1 Å². The minimum atomic E-state index is -4.56. The van der Waals surface area contributed by atoms with E-state index < -0.39 is 23.4 Å². The van der Waals surface area contributed by atoms with Gasteiger partial charge in [-0.25, -0.2) is 0 Å². The first-order chi connectivity index (χ1) is 13.2.